The van der Waals surface area contributed by atoms with Crippen LogP contribution in [0.1, 0.15) is 17.2 Å². The van der Waals surface area contributed by atoms with Crippen LogP contribution in [0, 0.1) is 5.82 Å². The van der Waals surface area contributed by atoms with E-state index in [1.807, 2.05) is 0 Å². The number of benzene rings is 1. The van der Waals surface area contributed by atoms with Crippen LogP contribution in [-0.2, 0) is 11.2 Å². The summed E-state index contributed by atoms with van der Waals surface area (Å²) >= 11 is 8.95. The number of aromatic nitrogens is 1. The predicted molar refractivity (Wildman–Crippen MR) is 77.4 cm³/mol. The summed E-state index contributed by atoms with van der Waals surface area (Å²) in [6, 6.07) is 8.03. The van der Waals surface area contributed by atoms with E-state index in [0.717, 1.165) is 0 Å². The van der Waals surface area contributed by atoms with Crippen LogP contribution in [-0.4, -0.2) is 16.1 Å². The van der Waals surface area contributed by atoms with Gasteiger partial charge in [0.2, 0.25) is 0 Å². The van der Waals surface area contributed by atoms with E-state index >= 15 is 0 Å². The van der Waals surface area contributed by atoms with Crippen molar-refractivity contribution in [3.05, 3.63) is 63.1 Å². The van der Waals surface area contributed by atoms with Gasteiger partial charge in [-0.05, 0) is 46.1 Å². The minimum absolute atomic E-state index is 0.0827. The predicted octanol–water partition coefficient (Wildman–Crippen LogP) is 4.05. The Hall–Kier alpha value is -1.46. The summed E-state index contributed by atoms with van der Waals surface area (Å²) in [4.78, 5) is 15.3. The van der Waals surface area contributed by atoms with Crippen LogP contribution in [0.3, 0.4) is 0 Å². The van der Waals surface area contributed by atoms with Gasteiger partial charge >= 0.3 is 5.97 Å². The molecule has 0 amide bonds. The van der Waals surface area contributed by atoms with Gasteiger partial charge in [-0.15, -0.1) is 0 Å². The zero-order valence-corrected chi connectivity index (χ0v) is 12.5. The molecule has 1 heterocycles. The van der Waals surface area contributed by atoms with Crippen molar-refractivity contribution in [1.29, 1.82) is 0 Å². The first-order chi connectivity index (χ1) is 9.47. The van der Waals surface area contributed by atoms with Crippen LogP contribution in [0.4, 0.5) is 4.39 Å². The molecule has 0 bridgehead atoms. The van der Waals surface area contributed by atoms with Gasteiger partial charge in [-0.3, -0.25) is 9.78 Å². The molecule has 20 heavy (non-hydrogen) atoms. The third-order valence-electron chi connectivity index (χ3n) is 2.79. The first-order valence-electron chi connectivity index (χ1n) is 5.75. The van der Waals surface area contributed by atoms with Crippen molar-refractivity contribution in [2.75, 3.05) is 0 Å². The molecule has 1 aromatic heterocycles. The molecule has 0 aliphatic rings. The summed E-state index contributed by atoms with van der Waals surface area (Å²) in [6.07, 6.45) is 1.51. The molecule has 0 radical (unpaired) electrons. The van der Waals surface area contributed by atoms with Crippen LogP contribution in [0.15, 0.2) is 41.0 Å². The number of carbonyl (C=O) groups is 1. The number of rotatable bonds is 4. The Bertz CT molecular complexity index is 651. The lowest BCUT2D eigenvalue weighted by atomic mass is 9.95. The molecule has 0 saturated carbocycles. The summed E-state index contributed by atoms with van der Waals surface area (Å²) in [6.45, 7) is 0. The van der Waals surface area contributed by atoms with Crippen LogP contribution in [0.2, 0.25) is 5.02 Å². The Morgan fingerprint density at radius 1 is 1.45 bits per heavy atom. The molecule has 0 spiro atoms. The summed E-state index contributed by atoms with van der Waals surface area (Å²) in [7, 11) is 0. The molecule has 104 valence electrons. The van der Waals surface area contributed by atoms with Crippen LogP contribution in [0.25, 0.3) is 0 Å². The van der Waals surface area contributed by atoms with Crippen molar-refractivity contribution in [2.24, 2.45) is 0 Å². The van der Waals surface area contributed by atoms with Crippen molar-refractivity contribution < 1.29 is 14.3 Å². The van der Waals surface area contributed by atoms with Gasteiger partial charge in [-0.2, -0.15) is 0 Å². The number of hydrogen-bond acceptors (Lipinski definition) is 2. The van der Waals surface area contributed by atoms with Crippen molar-refractivity contribution in [2.45, 2.75) is 12.3 Å². The number of nitrogens with zero attached hydrogens (tertiary/aromatic N) is 1. The Labute approximate surface area is 128 Å². The quantitative estimate of drug-likeness (QED) is 0.897. The molecular weight excluding hydrogens is 349 g/mol. The van der Waals surface area contributed by atoms with Gasteiger partial charge in [-0.1, -0.05) is 23.7 Å². The molecule has 1 N–H and O–H groups in total. The smallest absolute Gasteiger partial charge is 0.313 e. The highest BCUT2D eigenvalue weighted by Crippen LogP contribution is 2.25. The molecule has 0 saturated heterocycles. The SMILES string of the molecule is O=C(O)C(Cc1cccc(Cl)c1)c1ncc(Br)cc1F. The summed E-state index contributed by atoms with van der Waals surface area (Å²) in [5.74, 6) is -2.82. The fraction of sp³-hybridized carbons (Fsp3) is 0.143. The monoisotopic (exact) mass is 357 g/mol. The number of halogens is 3. The van der Waals surface area contributed by atoms with Crippen molar-refractivity contribution in [3.8, 4) is 0 Å². The summed E-state index contributed by atoms with van der Waals surface area (Å²) in [5, 5.41) is 9.81. The average molecular weight is 359 g/mol. The molecule has 1 atom stereocenters. The maximum atomic E-state index is 13.9. The number of carboxylic acid groups (broad SMARTS) is 1. The Kier molecular flexibility index (Phi) is 4.73. The largest absolute Gasteiger partial charge is 0.481 e. The first-order valence-corrected chi connectivity index (χ1v) is 6.92. The van der Waals surface area contributed by atoms with Gasteiger partial charge < -0.3 is 5.11 Å². The van der Waals surface area contributed by atoms with Crippen molar-refractivity contribution in [3.63, 3.8) is 0 Å². The molecule has 0 aliphatic heterocycles. The molecule has 0 fully saturated rings. The molecule has 6 heteroatoms. The van der Waals surface area contributed by atoms with Gasteiger partial charge in [0.05, 0.1) is 5.69 Å². The second kappa shape index (κ2) is 6.33. The third-order valence-corrected chi connectivity index (χ3v) is 3.46. The molecule has 3 nitrogen and oxygen atoms in total. The average Bonchev–Trinajstić information content (AvgIpc) is 2.36. The highest BCUT2D eigenvalue weighted by atomic mass is 79.9. The fourth-order valence-corrected chi connectivity index (χ4v) is 2.40. The van der Waals surface area contributed by atoms with E-state index in [0.29, 0.717) is 15.1 Å². The van der Waals surface area contributed by atoms with E-state index in [9.17, 15) is 14.3 Å². The van der Waals surface area contributed by atoms with Crippen LogP contribution >= 0.6 is 27.5 Å². The highest BCUT2D eigenvalue weighted by molar-refractivity contribution is 9.10. The number of carboxylic acids is 1. The molecule has 2 aromatic rings. The molecular formula is C14H10BrClFNO2. The lowest BCUT2D eigenvalue weighted by Crippen LogP contribution is -2.17. The number of hydrogen-bond donors (Lipinski definition) is 1. The Morgan fingerprint density at radius 3 is 2.80 bits per heavy atom. The van der Waals surface area contributed by atoms with E-state index in [2.05, 4.69) is 20.9 Å². The fourth-order valence-electron chi connectivity index (χ4n) is 1.88. The Balaban J connectivity index is 2.34. The number of pyridine rings is 1. The van der Waals surface area contributed by atoms with Gasteiger partial charge in [0.15, 0.2) is 0 Å². The summed E-state index contributed by atoms with van der Waals surface area (Å²) in [5.41, 5.74) is 0.634. The van der Waals surface area contributed by atoms with Gasteiger partial charge in [-0.25, -0.2) is 4.39 Å². The molecule has 2 rings (SSSR count). The normalized spacial score (nSPS) is 12.2. The zero-order chi connectivity index (χ0) is 14.7. The highest BCUT2D eigenvalue weighted by Gasteiger charge is 2.25. The van der Waals surface area contributed by atoms with Crippen LogP contribution < -0.4 is 0 Å². The minimum Gasteiger partial charge on any atom is -0.481 e. The van der Waals surface area contributed by atoms with Crippen molar-refractivity contribution in [1.82, 2.24) is 4.98 Å². The van der Waals surface area contributed by atoms with Gasteiger partial charge in [0.25, 0.3) is 0 Å². The van der Waals surface area contributed by atoms with Crippen molar-refractivity contribution >= 4 is 33.5 Å². The van der Waals surface area contributed by atoms with Crippen LogP contribution in [0.5, 0.6) is 0 Å². The molecule has 1 aromatic carbocycles. The first kappa shape index (κ1) is 14.9. The Morgan fingerprint density at radius 2 is 2.20 bits per heavy atom. The zero-order valence-electron chi connectivity index (χ0n) is 10.2. The van der Waals surface area contributed by atoms with E-state index in [1.165, 1.54) is 12.3 Å². The minimum atomic E-state index is -1.13. The lowest BCUT2D eigenvalue weighted by molar-refractivity contribution is -0.138. The maximum Gasteiger partial charge on any atom is 0.313 e. The van der Waals surface area contributed by atoms with E-state index in [4.69, 9.17) is 11.6 Å². The second-order valence-corrected chi connectivity index (χ2v) is 5.60. The lowest BCUT2D eigenvalue weighted by Gasteiger charge is -2.13. The molecule has 1 unspecified atom stereocenters. The van der Waals surface area contributed by atoms with E-state index in [-0.39, 0.29) is 12.1 Å². The standard InChI is InChI=1S/C14H10BrClFNO2/c15-9-6-12(17)13(18-7-9)11(14(19)20)5-8-2-1-3-10(16)4-8/h1-4,6-7,11H,5H2,(H,19,20). The van der Waals surface area contributed by atoms with Gasteiger partial charge in [0, 0.05) is 15.7 Å². The second-order valence-electron chi connectivity index (χ2n) is 4.25. The summed E-state index contributed by atoms with van der Waals surface area (Å²) < 4.78 is 14.3. The van der Waals surface area contributed by atoms with E-state index in [1.54, 1.807) is 24.3 Å². The van der Waals surface area contributed by atoms with Gasteiger partial charge in [0.1, 0.15) is 11.7 Å². The van der Waals surface area contributed by atoms with E-state index < -0.39 is 17.7 Å². The third kappa shape index (κ3) is 3.55. The molecule has 0 aliphatic carbocycles. The maximum absolute atomic E-state index is 13.9. The number of aliphatic carboxylic acids is 1. The topological polar surface area (TPSA) is 50.2 Å².